The number of H-pyrrole nitrogens is 1. The summed E-state index contributed by atoms with van der Waals surface area (Å²) >= 11 is 0. The van der Waals surface area contributed by atoms with Crippen molar-refractivity contribution in [3.05, 3.63) is 42.2 Å². The number of aromatic amines is 1. The molecule has 0 bridgehead atoms. The van der Waals surface area contributed by atoms with Gasteiger partial charge in [0.25, 0.3) is 5.91 Å². The molecule has 1 aromatic carbocycles. The minimum Gasteiger partial charge on any atom is -0.361 e. The number of nitrogens with zero attached hydrogens (tertiary/aromatic N) is 2. The summed E-state index contributed by atoms with van der Waals surface area (Å²) in [5.41, 5.74) is 7.43. The molecule has 1 aromatic heterocycles. The van der Waals surface area contributed by atoms with E-state index in [0.717, 1.165) is 11.1 Å². The summed E-state index contributed by atoms with van der Waals surface area (Å²) in [5.74, 6) is -1.95. The van der Waals surface area contributed by atoms with Crippen LogP contribution in [0.3, 0.4) is 0 Å². The number of carbonyl (C=O) groups excluding carboxylic acids is 3. The first-order chi connectivity index (χ1) is 12.0. The number of carbonyl (C=O) groups is 3. The van der Waals surface area contributed by atoms with E-state index >= 15 is 0 Å². The molecule has 3 rings (SSSR count). The van der Waals surface area contributed by atoms with Gasteiger partial charge in [-0.1, -0.05) is 12.1 Å². The van der Waals surface area contributed by atoms with Gasteiger partial charge < -0.3 is 16.0 Å². The third-order valence-corrected chi connectivity index (χ3v) is 4.36. The summed E-state index contributed by atoms with van der Waals surface area (Å²) in [6.07, 6.45) is 4.08. The van der Waals surface area contributed by atoms with E-state index in [1.807, 2.05) is 19.1 Å². The number of likely N-dealkylation sites (tertiary alicyclic amines) is 1. The lowest BCUT2D eigenvalue weighted by atomic mass is 10.1. The molecule has 2 heterocycles. The molecule has 1 fully saturated rings. The molecule has 130 valence electrons. The Labute approximate surface area is 144 Å². The summed E-state index contributed by atoms with van der Waals surface area (Å²) in [6, 6.07) is 6.96. The van der Waals surface area contributed by atoms with E-state index in [1.165, 1.54) is 0 Å². The lowest BCUT2D eigenvalue weighted by molar-refractivity contribution is -0.137. The Kier molecular flexibility index (Phi) is 4.51. The van der Waals surface area contributed by atoms with Crippen LogP contribution >= 0.6 is 0 Å². The predicted molar refractivity (Wildman–Crippen MR) is 90.3 cm³/mol. The molecule has 0 spiro atoms. The van der Waals surface area contributed by atoms with Crippen molar-refractivity contribution in [3.8, 4) is 11.1 Å². The van der Waals surface area contributed by atoms with Crippen LogP contribution < -0.4 is 11.1 Å². The molecule has 1 saturated heterocycles. The largest absolute Gasteiger partial charge is 0.361 e. The maximum atomic E-state index is 12.7. The summed E-state index contributed by atoms with van der Waals surface area (Å²) < 4.78 is 0. The van der Waals surface area contributed by atoms with Crippen molar-refractivity contribution in [1.29, 1.82) is 0 Å². The number of hydrogen-bond acceptors (Lipinski definition) is 4. The molecule has 2 aromatic rings. The Morgan fingerprint density at radius 1 is 1.24 bits per heavy atom. The Hall–Kier alpha value is -3.16. The highest BCUT2D eigenvalue weighted by Crippen LogP contribution is 2.22. The Balaban J connectivity index is 1.68. The van der Waals surface area contributed by atoms with Crippen molar-refractivity contribution in [2.45, 2.75) is 25.4 Å². The predicted octanol–water partition coefficient (Wildman–Crippen LogP) is 0.281. The fourth-order valence-electron chi connectivity index (χ4n) is 3.05. The van der Waals surface area contributed by atoms with Crippen molar-refractivity contribution in [1.82, 2.24) is 20.4 Å². The van der Waals surface area contributed by atoms with Crippen LogP contribution in [0.1, 0.15) is 23.7 Å². The molecule has 0 aliphatic carbocycles. The smallest absolute Gasteiger partial charge is 0.309 e. The van der Waals surface area contributed by atoms with E-state index in [2.05, 4.69) is 15.5 Å². The van der Waals surface area contributed by atoms with Crippen molar-refractivity contribution in [2.24, 2.45) is 5.73 Å². The number of primary amides is 1. The first kappa shape index (κ1) is 16.7. The Bertz CT molecular complexity index is 785. The molecule has 25 heavy (non-hydrogen) atoms. The van der Waals surface area contributed by atoms with Gasteiger partial charge in [0.2, 0.25) is 0 Å². The topological polar surface area (TPSA) is 121 Å². The van der Waals surface area contributed by atoms with Crippen LogP contribution in [0.5, 0.6) is 0 Å². The lowest BCUT2D eigenvalue weighted by Crippen LogP contribution is -2.44. The van der Waals surface area contributed by atoms with Crippen LogP contribution in [0.15, 0.2) is 36.7 Å². The van der Waals surface area contributed by atoms with Gasteiger partial charge in [0, 0.05) is 36.0 Å². The first-order valence-electron chi connectivity index (χ1n) is 7.96. The van der Waals surface area contributed by atoms with Crippen molar-refractivity contribution >= 4 is 17.7 Å². The van der Waals surface area contributed by atoms with Gasteiger partial charge in [-0.15, -0.1) is 0 Å². The molecule has 2 atom stereocenters. The normalized spacial score (nSPS) is 19.6. The number of nitrogens with two attached hydrogens (primary N) is 1. The zero-order valence-corrected chi connectivity index (χ0v) is 13.7. The lowest BCUT2D eigenvalue weighted by Gasteiger charge is -2.21. The molecule has 8 nitrogen and oxygen atoms in total. The van der Waals surface area contributed by atoms with E-state index in [4.69, 9.17) is 5.73 Å². The van der Waals surface area contributed by atoms with Crippen LogP contribution in [-0.2, 0) is 9.59 Å². The molecule has 1 aliphatic rings. The molecule has 8 heteroatoms. The van der Waals surface area contributed by atoms with Crippen LogP contribution in [0.2, 0.25) is 0 Å². The van der Waals surface area contributed by atoms with Gasteiger partial charge in [-0.25, -0.2) is 0 Å². The Morgan fingerprint density at radius 2 is 1.96 bits per heavy atom. The molecular formula is C17H19N5O3. The third-order valence-electron chi connectivity index (χ3n) is 4.36. The highest BCUT2D eigenvalue weighted by atomic mass is 16.2. The molecule has 3 amide bonds. The van der Waals surface area contributed by atoms with E-state index in [-0.39, 0.29) is 18.0 Å². The SMILES string of the molecule is CC1CC(NC(=O)C(N)=O)CN1C(=O)c1ccc(-c2cn[nH]c2)cc1. The second-order valence-electron chi connectivity index (χ2n) is 6.14. The van der Waals surface area contributed by atoms with Gasteiger partial charge in [0.15, 0.2) is 0 Å². The quantitative estimate of drug-likeness (QED) is 0.694. The van der Waals surface area contributed by atoms with Crippen LogP contribution in [0.4, 0.5) is 0 Å². The number of nitrogens with one attached hydrogen (secondary N) is 2. The molecular weight excluding hydrogens is 322 g/mol. The third kappa shape index (κ3) is 3.52. The Morgan fingerprint density at radius 3 is 2.56 bits per heavy atom. The number of benzene rings is 1. The van der Waals surface area contributed by atoms with Gasteiger partial charge in [-0.2, -0.15) is 5.10 Å². The van der Waals surface area contributed by atoms with Crippen LogP contribution in [0, 0.1) is 0 Å². The zero-order chi connectivity index (χ0) is 18.0. The van der Waals surface area contributed by atoms with Gasteiger partial charge in [0.05, 0.1) is 6.20 Å². The molecule has 1 aliphatic heterocycles. The average Bonchev–Trinajstić information content (AvgIpc) is 3.24. The summed E-state index contributed by atoms with van der Waals surface area (Å²) in [6.45, 7) is 2.26. The summed E-state index contributed by atoms with van der Waals surface area (Å²) in [5, 5.41) is 9.21. The van der Waals surface area contributed by atoms with Gasteiger partial charge in [0.1, 0.15) is 0 Å². The van der Waals surface area contributed by atoms with Gasteiger partial charge in [-0.3, -0.25) is 19.5 Å². The average molecular weight is 341 g/mol. The van der Waals surface area contributed by atoms with Crippen molar-refractivity contribution < 1.29 is 14.4 Å². The second-order valence-corrected chi connectivity index (χ2v) is 6.14. The summed E-state index contributed by atoms with van der Waals surface area (Å²) in [7, 11) is 0. The monoisotopic (exact) mass is 341 g/mol. The minimum atomic E-state index is -1.02. The summed E-state index contributed by atoms with van der Waals surface area (Å²) in [4.78, 5) is 36.7. The van der Waals surface area contributed by atoms with E-state index in [1.54, 1.807) is 29.4 Å². The molecule has 4 N–H and O–H groups in total. The first-order valence-corrected chi connectivity index (χ1v) is 7.96. The zero-order valence-electron chi connectivity index (χ0n) is 13.7. The standard InChI is InChI=1S/C17H19N5O3/c1-10-6-14(21-16(24)15(18)23)9-22(10)17(25)12-4-2-11(3-5-12)13-7-19-20-8-13/h2-5,7-8,10,14H,6,9H2,1H3,(H2,18,23)(H,19,20)(H,21,24). The van der Waals surface area contributed by atoms with Gasteiger partial charge in [-0.05, 0) is 31.0 Å². The maximum Gasteiger partial charge on any atom is 0.309 e. The molecule has 2 unspecified atom stereocenters. The second kappa shape index (κ2) is 6.76. The van der Waals surface area contributed by atoms with Crippen molar-refractivity contribution in [2.75, 3.05) is 6.54 Å². The van der Waals surface area contributed by atoms with Crippen molar-refractivity contribution in [3.63, 3.8) is 0 Å². The fourth-order valence-corrected chi connectivity index (χ4v) is 3.05. The van der Waals surface area contributed by atoms with Crippen LogP contribution in [0.25, 0.3) is 11.1 Å². The molecule has 0 radical (unpaired) electrons. The number of amides is 3. The van der Waals surface area contributed by atoms with E-state index in [0.29, 0.717) is 18.5 Å². The minimum absolute atomic E-state index is 0.0424. The number of rotatable bonds is 3. The van der Waals surface area contributed by atoms with E-state index < -0.39 is 11.8 Å². The van der Waals surface area contributed by atoms with Crippen LogP contribution in [-0.4, -0.2) is 51.4 Å². The number of hydrogen-bond donors (Lipinski definition) is 3. The molecule has 0 saturated carbocycles. The highest BCUT2D eigenvalue weighted by molar-refractivity contribution is 6.34. The maximum absolute atomic E-state index is 12.7. The fraction of sp³-hybridized carbons (Fsp3) is 0.294. The highest BCUT2D eigenvalue weighted by Gasteiger charge is 2.34. The van der Waals surface area contributed by atoms with E-state index in [9.17, 15) is 14.4 Å². The number of aromatic nitrogens is 2. The van der Waals surface area contributed by atoms with Gasteiger partial charge >= 0.3 is 11.8 Å².